The van der Waals surface area contributed by atoms with Crippen LogP contribution in [0.2, 0.25) is 0 Å². The van der Waals surface area contributed by atoms with Crippen molar-refractivity contribution < 1.29 is 32.2 Å². The average Bonchev–Trinajstić information content (AvgIpc) is 3.05. The minimum atomic E-state index is -1.61. The molecule has 2 aromatic carbocycles. The highest BCUT2D eigenvalue weighted by atomic mass is 19.1. The van der Waals surface area contributed by atoms with E-state index < -0.39 is 29.5 Å². The number of rotatable bonds is 3. The third-order valence-electron chi connectivity index (χ3n) is 6.00. The Bertz CT molecular complexity index is 1140. The summed E-state index contributed by atoms with van der Waals surface area (Å²) in [6, 6.07) is 8.12. The molecular weight excluding hydrogens is 435 g/mol. The van der Waals surface area contributed by atoms with Gasteiger partial charge in [-0.25, -0.2) is 13.2 Å². The molecule has 0 aromatic heterocycles. The lowest BCUT2D eigenvalue weighted by atomic mass is 9.93. The first-order valence-corrected chi connectivity index (χ1v) is 10.8. The van der Waals surface area contributed by atoms with Crippen LogP contribution in [0.1, 0.15) is 28.8 Å². The SMILES string of the molecule is O=C(c1cc2c(cc1F)OC(C1=CC=CC(F)CC1)(c1cccc(F)c1)O2)N1CCOCC1. The maximum Gasteiger partial charge on any atom is 0.301 e. The summed E-state index contributed by atoms with van der Waals surface area (Å²) in [5.41, 5.74) is 0.757. The highest BCUT2D eigenvalue weighted by molar-refractivity contribution is 5.95. The summed E-state index contributed by atoms with van der Waals surface area (Å²) in [5.74, 6) is -3.09. The number of benzene rings is 2. The Balaban J connectivity index is 1.55. The maximum absolute atomic E-state index is 15.0. The lowest BCUT2D eigenvalue weighted by Crippen LogP contribution is -2.41. The van der Waals surface area contributed by atoms with Crippen LogP contribution in [0.3, 0.4) is 0 Å². The molecule has 1 fully saturated rings. The summed E-state index contributed by atoms with van der Waals surface area (Å²) in [5, 5.41) is 0. The summed E-state index contributed by atoms with van der Waals surface area (Å²) in [7, 11) is 0. The molecule has 2 aromatic rings. The van der Waals surface area contributed by atoms with Crippen LogP contribution in [-0.4, -0.2) is 43.3 Å². The van der Waals surface area contributed by atoms with Crippen molar-refractivity contribution in [2.45, 2.75) is 24.8 Å². The largest absolute Gasteiger partial charge is 0.441 e. The van der Waals surface area contributed by atoms with Gasteiger partial charge in [0, 0.05) is 30.3 Å². The topological polar surface area (TPSA) is 48.0 Å². The number of carbonyl (C=O) groups is 1. The Labute approximate surface area is 189 Å². The number of ether oxygens (including phenoxy) is 3. The third kappa shape index (κ3) is 3.99. The fraction of sp³-hybridized carbons (Fsp3) is 0.320. The first-order valence-electron chi connectivity index (χ1n) is 10.8. The van der Waals surface area contributed by atoms with E-state index in [0.29, 0.717) is 37.4 Å². The van der Waals surface area contributed by atoms with Crippen LogP contribution in [0, 0.1) is 11.6 Å². The molecule has 172 valence electrons. The molecule has 0 spiro atoms. The summed E-state index contributed by atoms with van der Waals surface area (Å²) < 4.78 is 60.7. The maximum atomic E-state index is 15.0. The van der Waals surface area contributed by atoms with Crippen molar-refractivity contribution in [3.8, 4) is 11.5 Å². The number of nitrogens with zero attached hydrogens (tertiary/aromatic N) is 1. The molecule has 0 bridgehead atoms. The van der Waals surface area contributed by atoms with Crippen molar-refractivity contribution >= 4 is 5.91 Å². The minimum absolute atomic E-state index is 0.0845. The Hall–Kier alpha value is -3.26. The molecule has 0 radical (unpaired) electrons. The van der Waals surface area contributed by atoms with Crippen molar-refractivity contribution in [3.05, 3.63) is 83.0 Å². The van der Waals surface area contributed by atoms with Crippen LogP contribution in [0.25, 0.3) is 0 Å². The number of morpholine rings is 1. The zero-order valence-corrected chi connectivity index (χ0v) is 17.7. The third-order valence-corrected chi connectivity index (χ3v) is 6.00. The molecule has 5 nitrogen and oxygen atoms in total. The van der Waals surface area contributed by atoms with E-state index in [1.54, 1.807) is 18.2 Å². The molecule has 2 atom stereocenters. The van der Waals surface area contributed by atoms with Gasteiger partial charge in [0.15, 0.2) is 11.5 Å². The van der Waals surface area contributed by atoms with Crippen molar-refractivity contribution in [1.29, 1.82) is 0 Å². The number of alkyl halides is 1. The predicted octanol–water partition coefficient (Wildman–Crippen LogP) is 4.68. The Kier molecular flexibility index (Phi) is 5.62. The van der Waals surface area contributed by atoms with Crippen molar-refractivity contribution in [2.75, 3.05) is 26.3 Å². The Morgan fingerprint density at radius 3 is 2.58 bits per heavy atom. The molecular formula is C25H22F3NO4. The van der Waals surface area contributed by atoms with E-state index in [4.69, 9.17) is 14.2 Å². The average molecular weight is 457 g/mol. The van der Waals surface area contributed by atoms with E-state index in [1.807, 2.05) is 0 Å². The number of carbonyl (C=O) groups excluding carboxylic acids is 1. The normalized spacial score (nSPS) is 24.4. The molecule has 3 aliphatic rings. The fourth-order valence-electron chi connectivity index (χ4n) is 4.29. The van der Waals surface area contributed by atoms with Gasteiger partial charge in [0.25, 0.3) is 5.91 Å². The van der Waals surface area contributed by atoms with E-state index in [9.17, 15) is 18.0 Å². The zero-order chi connectivity index (χ0) is 23.0. The van der Waals surface area contributed by atoms with Gasteiger partial charge in [0.05, 0.1) is 18.8 Å². The number of fused-ring (bicyclic) bond motifs is 1. The zero-order valence-electron chi connectivity index (χ0n) is 17.7. The lowest BCUT2D eigenvalue weighted by Gasteiger charge is -2.30. The second kappa shape index (κ2) is 8.59. The first kappa shape index (κ1) is 21.6. The molecule has 1 saturated heterocycles. The van der Waals surface area contributed by atoms with Crippen LogP contribution >= 0.6 is 0 Å². The van der Waals surface area contributed by atoms with Gasteiger partial charge in [0.1, 0.15) is 17.8 Å². The Morgan fingerprint density at radius 2 is 1.82 bits per heavy atom. The summed E-state index contributed by atoms with van der Waals surface area (Å²) in [4.78, 5) is 14.4. The van der Waals surface area contributed by atoms with Crippen molar-refractivity contribution in [1.82, 2.24) is 4.90 Å². The van der Waals surface area contributed by atoms with E-state index in [-0.39, 0.29) is 29.9 Å². The van der Waals surface area contributed by atoms with Crippen LogP contribution in [0.15, 0.2) is 60.2 Å². The van der Waals surface area contributed by atoms with E-state index in [0.717, 1.165) is 6.07 Å². The fourth-order valence-corrected chi connectivity index (χ4v) is 4.29. The second-order valence-electron chi connectivity index (χ2n) is 8.15. The van der Waals surface area contributed by atoms with Crippen LogP contribution < -0.4 is 9.47 Å². The quantitative estimate of drug-likeness (QED) is 0.672. The monoisotopic (exact) mass is 457 g/mol. The van der Waals surface area contributed by atoms with Gasteiger partial charge in [0.2, 0.25) is 0 Å². The molecule has 2 aliphatic heterocycles. The standard InChI is InChI=1S/C25H22F3NO4/c26-18-5-1-3-16(7-8-18)25(17-4-2-6-19(27)13-17)32-22-14-20(21(28)15-23(22)33-25)24(30)29-9-11-31-12-10-29/h1-6,13-15,18H,7-12H2. The number of hydrogen-bond acceptors (Lipinski definition) is 4. The van der Waals surface area contributed by atoms with Crippen molar-refractivity contribution in [3.63, 3.8) is 0 Å². The molecule has 1 amide bonds. The van der Waals surface area contributed by atoms with Gasteiger partial charge in [-0.2, -0.15) is 0 Å². The first-order chi connectivity index (χ1) is 16.0. The summed E-state index contributed by atoms with van der Waals surface area (Å²) in [6.45, 7) is 1.50. The van der Waals surface area contributed by atoms with Crippen LogP contribution in [-0.2, 0) is 10.5 Å². The van der Waals surface area contributed by atoms with Crippen molar-refractivity contribution in [2.24, 2.45) is 0 Å². The molecule has 0 saturated carbocycles. The highest BCUT2D eigenvalue weighted by Crippen LogP contribution is 2.50. The number of allylic oxidation sites excluding steroid dienone is 3. The number of halogens is 3. The Morgan fingerprint density at radius 1 is 1.06 bits per heavy atom. The van der Waals surface area contributed by atoms with Gasteiger partial charge < -0.3 is 19.1 Å². The second-order valence-corrected chi connectivity index (χ2v) is 8.15. The van der Waals surface area contributed by atoms with E-state index in [2.05, 4.69) is 0 Å². The van der Waals surface area contributed by atoms with Crippen LogP contribution in [0.5, 0.6) is 11.5 Å². The number of amides is 1. The highest BCUT2D eigenvalue weighted by Gasteiger charge is 2.48. The summed E-state index contributed by atoms with van der Waals surface area (Å²) in [6.07, 6.45) is 4.00. The molecule has 8 heteroatoms. The van der Waals surface area contributed by atoms with Gasteiger partial charge in [-0.05, 0) is 31.0 Å². The lowest BCUT2D eigenvalue weighted by molar-refractivity contribution is -0.0532. The molecule has 2 heterocycles. The van der Waals surface area contributed by atoms with Crippen LogP contribution in [0.4, 0.5) is 13.2 Å². The smallest absolute Gasteiger partial charge is 0.301 e. The van der Waals surface area contributed by atoms with E-state index in [1.165, 1.54) is 35.2 Å². The van der Waals surface area contributed by atoms with Gasteiger partial charge in [-0.15, -0.1) is 0 Å². The summed E-state index contributed by atoms with van der Waals surface area (Å²) >= 11 is 0. The molecule has 2 unspecified atom stereocenters. The van der Waals surface area contributed by atoms with Gasteiger partial charge in [-0.1, -0.05) is 30.4 Å². The van der Waals surface area contributed by atoms with E-state index >= 15 is 0 Å². The molecule has 33 heavy (non-hydrogen) atoms. The number of hydrogen-bond donors (Lipinski definition) is 0. The molecule has 5 rings (SSSR count). The minimum Gasteiger partial charge on any atom is -0.441 e. The van der Waals surface area contributed by atoms with Gasteiger partial charge >= 0.3 is 5.79 Å². The predicted molar refractivity (Wildman–Crippen MR) is 114 cm³/mol. The molecule has 0 N–H and O–H groups in total. The molecule has 1 aliphatic carbocycles. The van der Waals surface area contributed by atoms with Gasteiger partial charge in [-0.3, -0.25) is 4.79 Å².